The number of fused-ring (bicyclic) bond motifs is 9. The van der Waals surface area contributed by atoms with Gasteiger partial charge in [-0.05, 0) is 54.0 Å². The van der Waals surface area contributed by atoms with E-state index < -0.39 is 0 Å². The van der Waals surface area contributed by atoms with Crippen LogP contribution in [0, 0.1) is 29.6 Å². The van der Waals surface area contributed by atoms with Crippen molar-refractivity contribution in [3.05, 3.63) is 79.2 Å². The third-order valence-corrected chi connectivity index (χ3v) is 11.1. The Kier molecular flexibility index (Phi) is 4.40. The van der Waals surface area contributed by atoms with Gasteiger partial charge in [-0.2, -0.15) is 0 Å². The topological polar surface area (TPSA) is 70.2 Å². The highest BCUT2D eigenvalue weighted by Gasteiger charge is 2.69. The highest BCUT2D eigenvalue weighted by atomic mass is 79.9. The van der Waals surface area contributed by atoms with Crippen molar-refractivity contribution in [2.75, 3.05) is 4.90 Å². The zero-order valence-electron chi connectivity index (χ0n) is 17.3. The van der Waals surface area contributed by atoms with Crippen molar-refractivity contribution in [3.63, 3.8) is 0 Å². The molecule has 2 saturated carbocycles. The number of amides is 2. The van der Waals surface area contributed by atoms with E-state index >= 15 is 0 Å². The zero-order chi connectivity index (χ0) is 22.4. The summed E-state index contributed by atoms with van der Waals surface area (Å²) in [5.74, 6) is -0.0247. The number of thioether (sulfide) groups is 1. The van der Waals surface area contributed by atoms with Gasteiger partial charge in [0.25, 0.3) is 0 Å². The molecule has 33 heavy (non-hydrogen) atoms. The van der Waals surface area contributed by atoms with Gasteiger partial charge in [-0.1, -0.05) is 57.6 Å². The third-order valence-electron chi connectivity index (χ3n) is 7.97. The van der Waals surface area contributed by atoms with Crippen LogP contribution in [0.1, 0.15) is 22.8 Å². The van der Waals surface area contributed by atoms with Crippen LogP contribution in [0.4, 0.5) is 5.69 Å². The summed E-state index contributed by atoms with van der Waals surface area (Å²) in [7, 11) is 0. The van der Waals surface area contributed by atoms with Gasteiger partial charge in [-0.3, -0.25) is 19.3 Å². The number of hydrogen-bond acceptors (Lipinski definition) is 5. The number of H-pyrrole nitrogens is 1. The van der Waals surface area contributed by atoms with Gasteiger partial charge < -0.3 is 4.98 Å². The van der Waals surface area contributed by atoms with Crippen LogP contribution in [-0.4, -0.2) is 22.0 Å². The van der Waals surface area contributed by atoms with E-state index in [9.17, 15) is 14.4 Å². The van der Waals surface area contributed by atoms with Crippen molar-refractivity contribution < 1.29 is 9.59 Å². The molecule has 5 nitrogen and oxygen atoms in total. The van der Waals surface area contributed by atoms with E-state index in [0.29, 0.717) is 5.69 Å². The highest BCUT2D eigenvalue weighted by molar-refractivity contribution is 9.10. The Morgan fingerprint density at radius 3 is 2.33 bits per heavy atom. The van der Waals surface area contributed by atoms with Crippen molar-refractivity contribution >= 4 is 56.5 Å². The molecule has 4 aliphatic rings. The molecular formula is C25H19BrN2O3S2. The molecule has 2 bridgehead atoms. The first-order valence-electron chi connectivity index (χ1n) is 11.1. The molecule has 0 spiro atoms. The van der Waals surface area contributed by atoms with Crippen molar-refractivity contribution in [1.29, 1.82) is 0 Å². The minimum Gasteiger partial charge on any atom is -0.307 e. The number of hydrogen-bond donors (Lipinski definition) is 1. The van der Waals surface area contributed by atoms with E-state index in [0.717, 1.165) is 20.8 Å². The summed E-state index contributed by atoms with van der Waals surface area (Å²) in [5, 5.41) is 1.17. The smallest absolute Gasteiger partial charge is 0.305 e. The highest BCUT2D eigenvalue weighted by Crippen LogP contribution is 2.68. The molecule has 0 radical (unpaired) electrons. The Balaban J connectivity index is 1.33. The molecule has 1 saturated heterocycles. The Bertz CT molecular complexity index is 1350. The summed E-state index contributed by atoms with van der Waals surface area (Å²) >= 11 is 6.46. The monoisotopic (exact) mass is 538 g/mol. The number of nitrogens with one attached hydrogen (secondary N) is 1. The van der Waals surface area contributed by atoms with Gasteiger partial charge >= 0.3 is 4.87 Å². The predicted molar refractivity (Wildman–Crippen MR) is 132 cm³/mol. The van der Waals surface area contributed by atoms with Gasteiger partial charge in [0.1, 0.15) is 0 Å². The largest absolute Gasteiger partial charge is 0.307 e. The number of carbonyl (C=O) groups is 2. The number of aromatic amines is 1. The number of anilines is 1. The number of imide groups is 1. The molecular weight excluding hydrogens is 520 g/mol. The van der Waals surface area contributed by atoms with Gasteiger partial charge in [-0.25, -0.2) is 0 Å². The van der Waals surface area contributed by atoms with E-state index in [2.05, 4.69) is 33.0 Å². The minimum absolute atomic E-state index is 0.0329. The molecule has 3 aromatic rings. The number of benzene rings is 2. The maximum Gasteiger partial charge on any atom is 0.305 e. The Morgan fingerprint density at radius 1 is 0.909 bits per heavy atom. The van der Waals surface area contributed by atoms with E-state index in [-0.39, 0.29) is 57.4 Å². The van der Waals surface area contributed by atoms with Gasteiger partial charge in [0, 0.05) is 20.5 Å². The number of rotatable bonds is 2. The van der Waals surface area contributed by atoms with E-state index in [1.165, 1.54) is 21.8 Å². The molecule has 2 amide bonds. The summed E-state index contributed by atoms with van der Waals surface area (Å²) < 4.78 is 0.916. The summed E-state index contributed by atoms with van der Waals surface area (Å²) in [6, 6.07) is 17.7. The minimum atomic E-state index is -0.267. The number of halogens is 1. The fraction of sp³-hybridized carbons (Fsp3) is 0.320. The van der Waals surface area contributed by atoms with Crippen LogP contribution in [0.25, 0.3) is 0 Å². The average molecular weight is 539 g/mol. The molecule has 2 aromatic carbocycles. The van der Waals surface area contributed by atoms with Crippen LogP contribution in [0.3, 0.4) is 0 Å². The Hall–Kier alpha value is -2.16. The number of nitrogens with zero attached hydrogens (tertiary/aromatic N) is 1. The van der Waals surface area contributed by atoms with Crippen molar-refractivity contribution in [2.24, 2.45) is 29.6 Å². The summed E-state index contributed by atoms with van der Waals surface area (Å²) in [6.45, 7) is 0. The molecule has 166 valence electrons. The molecule has 8 heteroatoms. The van der Waals surface area contributed by atoms with Crippen LogP contribution in [0.5, 0.6) is 0 Å². The maximum atomic E-state index is 13.7. The first-order chi connectivity index (χ1) is 16.0. The van der Waals surface area contributed by atoms with Crippen LogP contribution < -0.4 is 9.77 Å². The van der Waals surface area contributed by atoms with Crippen molar-refractivity contribution in [2.45, 2.75) is 22.6 Å². The van der Waals surface area contributed by atoms with Gasteiger partial charge in [0.15, 0.2) is 0 Å². The van der Waals surface area contributed by atoms with E-state index in [1.807, 2.05) is 42.5 Å². The van der Waals surface area contributed by atoms with Gasteiger partial charge in [0.2, 0.25) is 11.8 Å². The number of carbonyl (C=O) groups excluding carboxylic acids is 2. The lowest BCUT2D eigenvalue weighted by atomic mass is 9.68. The summed E-state index contributed by atoms with van der Waals surface area (Å²) in [4.78, 5) is 45.1. The molecule has 2 aliphatic heterocycles. The van der Waals surface area contributed by atoms with Gasteiger partial charge in [-0.15, -0.1) is 11.8 Å². The molecule has 0 unspecified atom stereocenters. The summed E-state index contributed by atoms with van der Waals surface area (Å²) in [5.41, 5.74) is 1.84. The van der Waals surface area contributed by atoms with Crippen LogP contribution >= 0.6 is 39.0 Å². The van der Waals surface area contributed by atoms with Crippen molar-refractivity contribution in [3.8, 4) is 0 Å². The first kappa shape index (κ1) is 20.2. The van der Waals surface area contributed by atoms with Crippen molar-refractivity contribution in [1.82, 2.24) is 4.98 Å². The Morgan fingerprint density at radius 2 is 1.61 bits per heavy atom. The van der Waals surface area contributed by atoms with Crippen LogP contribution in [0.15, 0.2) is 68.9 Å². The standard InChI is InChI=1S/C25H19BrN2O3S2/c26-12-6-8-13(9-7-12)28-23(29)18-14-10-15(19(18)24(28)30)20-17(14)16(11-4-2-1-3-5-11)21-22(32-20)27-25(31)33-21/h1-9,14-20H,10H2,(H,27,31)/t14-,15-,16+,17+,18+,19+,20-/m1/s1. The Labute approximate surface area is 206 Å². The molecule has 7 rings (SSSR count). The van der Waals surface area contributed by atoms with Gasteiger partial charge in [0.05, 0.1) is 22.5 Å². The molecule has 1 N–H and O–H groups in total. The fourth-order valence-electron chi connectivity index (χ4n) is 6.90. The third kappa shape index (κ3) is 2.74. The lowest BCUT2D eigenvalue weighted by molar-refractivity contribution is -0.123. The zero-order valence-corrected chi connectivity index (χ0v) is 20.5. The van der Waals surface area contributed by atoms with E-state index in [1.54, 1.807) is 11.8 Å². The maximum absolute atomic E-state index is 13.7. The molecule has 3 heterocycles. The predicted octanol–water partition coefficient (Wildman–Crippen LogP) is 4.88. The SMILES string of the molecule is O=C1[C@H]2[C@H]3C[C@@H]([C@@H]2C(=O)N1c1ccc(Br)cc1)[C@H]1[C@H](c2ccccc2)c2sc(=O)[nH]c2S[C@H]31. The first-order valence-corrected chi connectivity index (χ1v) is 13.6. The molecule has 1 aromatic heterocycles. The number of thiazole rings is 1. The molecule has 2 aliphatic carbocycles. The average Bonchev–Trinajstić information content (AvgIpc) is 3.54. The summed E-state index contributed by atoms with van der Waals surface area (Å²) in [6.07, 6.45) is 0.909. The fourth-order valence-corrected chi connectivity index (χ4v) is 10.0. The second-order valence-corrected chi connectivity index (χ2v) is 12.5. The van der Waals surface area contributed by atoms with E-state index in [4.69, 9.17) is 0 Å². The number of aromatic nitrogens is 1. The van der Waals surface area contributed by atoms with Crippen LogP contribution in [0.2, 0.25) is 0 Å². The lowest BCUT2D eigenvalue weighted by Crippen LogP contribution is -2.42. The molecule has 3 fully saturated rings. The molecule has 7 atom stereocenters. The second kappa shape index (κ2) is 7.17. The quantitative estimate of drug-likeness (QED) is 0.472. The van der Waals surface area contributed by atoms with Crippen LogP contribution in [-0.2, 0) is 9.59 Å². The second-order valence-electron chi connectivity index (χ2n) is 9.36. The normalized spacial score (nSPS) is 33.8. The lowest BCUT2D eigenvalue weighted by Gasteiger charge is -2.43.